The van der Waals surface area contributed by atoms with Gasteiger partial charge < -0.3 is 15.1 Å². The van der Waals surface area contributed by atoms with E-state index in [0.29, 0.717) is 34.5 Å². The Morgan fingerprint density at radius 3 is 2.57 bits per heavy atom. The molecule has 3 aromatic rings. The van der Waals surface area contributed by atoms with Crippen LogP contribution in [0, 0.1) is 19.8 Å². The minimum absolute atomic E-state index is 0.0177. The molecule has 0 atom stereocenters. The van der Waals surface area contributed by atoms with Crippen LogP contribution in [0.15, 0.2) is 40.8 Å². The van der Waals surface area contributed by atoms with Crippen LogP contribution in [-0.2, 0) is 11.3 Å². The van der Waals surface area contributed by atoms with Crippen molar-refractivity contribution in [3.05, 3.63) is 57.6 Å². The van der Waals surface area contributed by atoms with Crippen LogP contribution in [0.2, 0.25) is 0 Å². The molecule has 158 valence electrons. The normalized spacial score (nSPS) is 11.0. The quantitative estimate of drug-likeness (QED) is 0.511. The molecule has 0 saturated carbocycles. The molecular formula is C23H27N3O3S. The number of nitrogens with zero attached hydrogens (tertiary/aromatic N) is 1. The van der Waals surface area contributed by atoms with Gasteiger partial charge in [0.25, 0.3) is 5.91 Å². The third-order valence-corrected chi connectivity index (χ3v) is 6.01. The first-order chi connectivity index (χ1) is 14.4. The number of hydrogen-bond acceptors (Lipinski definition) is 5. The van der Waals surface area contributed by atoms with Gasteiger partial charge in [0.1, 0.15) is 11.5 Å². The van der Waals surface area contributed by atoms with E-state index in [1.807, 2.05) is 64.1 Å². The van der Waals surface area contributed by atoms with Crippen molar-refractivity contribution in [2.45, 2.75) is 47.1 Å². The lowest BCUT2D eigenvalue weighted by Crippen LogP contribution is -2.29. The van der Waals surface area contributed by atoms with Crippen molar-refractivity contribution in [1.29, 1.82) is 0 Å². The van der Waals surface area contributed by atoms with Crippen molar-refractivity contribution in [1.82, 2.24) is 10.3 Å². The second kappa shape index (κ2) is 9.71. The number of amides is 2. The summed E-state index contributed by atoms with van der Waals surface area (Å²) in [7, 11) is 0. The van der Waals surface area contributed by atoms with Crippen LogP contribution in [0.4, 0.5) is 5.69 Å². The Bertz CT molecular complexity index is 1030. The van der Waals surface area contributed by atoms with E-state index in [0.717, 1.165) is 23.3 Å². The molecular weight excluding hydrogens is 398 g/mol. The Balaban J connectivity index is 1.71. The molecule has 0 spiro atoms. The van der Waals surface area contributed by atoms with E-state index in [2.05, 4.69) is 15.6 Å². The summed E-state index contributed by atoms with van der Waals surface area (Å²) < 4.78 is 5.82. The molecule has 0 aliphatic carbocycles. The summed E-state index contributed by atoms with van der Waals surface area (Å²) in [5.41, 5.74) is 2.13. The average molecular weight is 426 g/mol. The van der Waals surface area contributed by atoms with Gasteiger partial charge in [0, 0.05) is 22.0 Å². The van der Waals surface area contributed by atoms with E-state index in [4.69, 9.17) is 4.42 Å². The number of anilines is 1. The number of hydrogen-bond donors (Lipinski definition) is 2. The number of thiophene rings is 1. The molecule has 0 fully saturated rings. The fraction of sp³-hybridized carbons (Fsp3) is 0.348. The summed E-state index contributed by atoms with van der Waals surface area (Å²) in [6, 6.07) is 11.1. The number of nitrogens with one attached hydrogen (secondary N) is 2. The highest BCUT2D eigenvalue weighted by Gasteiger charge is 2.17. The highest BCUT2D eigenvalue weighted by Crippen LogP contribution is 2.25. The van der Waals surface area contributed by atoms with Gasteiger partial charge in [0.05, 0.1) is 11.4 Å². The van der Waals surface area contributed by atoms with Gasteiger partial charge in [-0.1, -0.05) is 19.9 Å². The fourth-order valence-corrected chi connectivity index (χ4v) is 3.93. The van der Waals surface area contributed by atoms with E-state index in [9.17, 15) is 9.59 Å². The number of carbonyl (C=O) groups excluding carboxylic acids is 2. The summed E-state index contributed by atoms with van der Waals surface area (Å²) in [6.07, 6.45) is 1.63. The number of aryl methyl sites for hydroxylation is 2. The van der Waals surface area contributed by atoms with Crippen LogP contribution >= 0.6 is 11.3 Å². The van der Waals surface area contributed by atoms with Crippen LogP contribution in [0.25, 0.3) is 11.5 Å². The molecule has 0 bridgehead atoms. The Morgan fingerprint density at radius 1 is 1.13 bits per heavy atom. The number of rotatable bonds is 8. The second-order valence-electron chi connectivity index (χ2n) is 7.20. The van der Waals surface area contributed by atoms with Crippen molar-refractivity contribution in [2.24, 2.45) is 5.92 Å². The van der Waals surface area contributed by atoms with Crippen LogP contribution in [0.5, 0.6) is 0 Å². The minimum Gasteiger partial charge on any atom is -0.441 e. The van der Waals surface area contributed by atoms with Gasteiger partial charge in [0.2, 0.25) is 11.8 Å². The van der Waals surface area contributed by atoms with Crippen LogP contribution < -0.4 is 10.6 Å². The summed E-state index contributed by atoms with van der Waals surface area (Å²) in [5.74, 6) is 1.04. The third kappa shape index (κ3) is 5.16. The molecule has 0 aliphatic heterocycles. The monoisotopic (exact) mass is 425 g/mol. The van der Waals surface area contributed by atoms with Crippen molar-refractivity contribution in [2.75, 3.05) is 5.32 Å². The first-order valence-electron chi connectivity index (χ1n) is 10.1. The van der Waals surface area contributed by atoms with Gasteiger partial charge >= 0.3 is 0 Å². The number of carbonyl (C=O) groups is 2. The van der Waals surface area contributed by atoms with Crippen molar-refractivity contribution in [3.63, 3.8) is 0 Å². The number of oxazole rings is 1. The summed E-state index contributed by atoms with van der Waals surface area (Å²) in [6.45, 7) is 8.16. The van der Waals surface area contributed by atoms with Crippen molar-refractivity contribution < 1.29 is 14.0 Å². The van der Waals surface area contributed by atoms with Crippen LogP contribution in [0.3, 0.4) is 0 Å². The first kappa shape index (κ1) is 21.8. The van der Waals surface area contributed by atoms with E-state index in [1.54, 1.807) is 0 Å². The van der Waals surface area contributed by atoms with Crippen molar-refractivity contribution in [3.8, 4) is 11.5 Å². The second-order valence-corrected chi connectivity index (χ2v) is 8.49. The Labute approximate surface area is 180 Å². The van der Waals surface area contributed by atoms with E-state index >= 15 is 0 Å². The Hall–Kier alpha value is -2.93. The zero-order valence-electron chi connectivity index (χ0n) is 17.7. The van der Waals surface area contributed by atoms with Crippen LogP contribution in [0.1, 0.15) is 52.7 Å². The van der Waals surface area contributed by atoms with E-state index in [-0.39, 0.29) is 17.7 Å². The predicted molar refractivity (Wildman–Crippen MR) is 120 cm³/mol. The maximum atomic E-state index is 12.4. The van der Waals surface area contributed by atoms with Gasteiger partial charge in [-0.25, -0.2) is 4.98 Å². The smallest absolute Gasteiger partial charge is 0.265 e. The van der Waals surface area contributed by atoms with E-state index < -0.39 is 0 Å². The zero-order valence-corrected chi connectivity index (χ0v) is 18.6. The molecule has 2 amide bonds. The van der Waals surface area contributed by atoms with Gasteiger partial charge in [-0.2, -0.15) is 0 Å². The molecule has 30 heavy (non-hydrogen) atoms. The summed E-state index contributed by atoms with van der Waals surface area (Å²) >= 11 is 1.46. The van der Waals surface area contributed by atoms with E-state index in [1.165, 1.54) is 11.3 Å². The lowest BCUT2D eigenvalue weighted by Gasteiger charge is -2.11. The molecule has 7 heteroatoms. The summed E-state index contributed by atoms with van der Waals surface area (Å²) in [5, 5.41) is 5.86. The lowest BCUT2D eigenvalue weighted by molar-refractivity contribution is -0.125. The third-order valence-electron chi connectivity index (χ3n) is 5.01. The van der Waals surface area contributed by atoms with Gasteiger partial charge in [-0.05, 0) is 57.0 Å². The average Bonchev–Trinajstić information content (AvgIpc) is 3.33. The topological polar surface area (TPSA) is 84.2 Å². The highest BCUT2D eigenvalue weighted by molar-refractivity contribution is 7.14. The maximum absolute atomic E-state index is 12.4. The SMILES string of the molecule is CCC(CC)C(=O)NCc1nc(-c2cccc(NC(=O)c3ccc(C)s3)c2)oc1C. The largest absolute Gasteiger partial charge is 0.441 e. The Kier molecular flexibility index (Phi) is 7.05. The molecule has 3 rings (SSSR count). The zero-order chi connectivity index (χ0) is 21.7. The Morgan fingerprint density at radius 2 is 1.90 bits per heavy atom. The number of aromatic nitrogens is 1. The molecule has 2 heterocycles. The fourth-order valence-electron chi connectivity index (χ4n) is 3.17. The predicted octanol–water partition coefficient (Wildman–Crippen LogP) is 5.32. The summed E-state index contributed by atoms with van der Waals surface area (Å²) in [4.78, 5) is 30.9. The maximum Gasteiger partial charge on any atom is 0.265 e. The van der Waals surface area contributed by atoms with Gasteiger partial charge in [-0.15, -0.1) is 11.3 Å². The molecule has 0 saturated heterocycles. The standard InChI is InChI=1S/C23H27N3O3S/c1-5-16(6-2)21(27)24-13-19-15(4)29-23(26-19)17-8-7-9-18(12-17)25-22(28)20-11-10-14(3)30-20/h7-12,16H,5-6,13H2,1-4H3,(H,24,27)(H,25,28). The molecule has 6 nitrogen and oxygen atoms in total. The first-order valence-corrected chi connectivity index (χ1v) is 10.9. The van der Waals surface area contributed by atoms with Gasteiger partial charge in [-0.3, -0.25) is 9.59 Å². The molecule has 1 aromatic carbocycles. The lowest BCUT2D eigenvalue weighted by atomic mass is 10.0. The molecule has 0 radical (unpaired) electrons. The molecule has 0 aliphatic rings. The van der Waals surface area contributed by atoms with Gasteiger partial charge in [0.15, 0.2) is 0 Å². The molecule has 2 N–H and O–H groups in total. The molecule has 0 unspecified atom stereocenters. The van der Waals surface area contributed by atoms with Crippen molar-refractivity contribution >= 4 is 28.8 Å². The molecule has 2 aromatic heterocycles. The highest BCUT2D eigenvalue weighted by atomic mass is 32.1. The number of benzene rings is 1. The van der Waals surface area contributed by atoms with Crippen LogP contribution in [-0.4, -0.2) is 16.8 Å². The minimum atomic E-state index is -0.140.